The number of nitrogens with one attached hydrogen (secondary N) is 1. The second-order valence-corrected chi connectivity index (χ2v) is 8.01. The van der Waals surface area contributed by atoms with Gasteiger partial charge in [-0.15, -0.1) is 0 Å². The van der Waals surface area contributed by atoms with Crippen LogP contribution in [0.5, 0.6) is 0 Å². The molecule has 2 heterocycles. The van der Waals surface area contributed by atoms with Crippen molar-refractivity contribution in [2.75, 3.05) is 13.2 Å². The predicted octanol–water partition coefficient (Wildman–Crippen LogP) is 5.05. The van der Waals surface area contributed by atoms with Gasteiger partial charge >= 0.3 is 6.03 Å². The summed E-state index contributed by atoms with van der Waals surface area (Å²) in [5.41, 5.74) is 3.43. The minimum atomic E-state index is -0.379. The van der Waals surface area contributed by atoms with Crippen LogP contribution < -0.4 is 5.32 Å². The second-order valence-electron chi connectivity index (χ2n) is 8.01. The summed E-state index contributed by atoms with van der Waals surface area (Å²) in [6.07, 6.45) is 0.889. The molecular formula is C25H28N4O3. The second kappa shape index (κ2) is 9.78. The van der Waals surface area contributed by atoms with Crippen molar-refractivity contribution in [3.8, 4) is 11.4 Å². The zero-order chi connectivity index (χ0) is 22.5. The van der Waals surface area contributed by atoms with E-state index in [0.29, 0.717) is 24.9 Å². The first-order valence-corrected chi connectivity index (χ1v) is 10.9. The van der Waals surface area contributed by atoms with Crippen LogP contribution in [-0.4, -0.2) is 40.3 Å². The Hall–Kier alpha value is -3.45. The van der Waals surface area contributed by atoms with Crippen LogP contribution >= 0.6 is 0 Å². The molecule has 32 heavy (non-hydrogen) atoms. The van der Waals surface area contributed by atoms with E-state index in [1.807, 2.05) is 81.4 Å². The average molecular weight is 433 g/mol. The number of urea groups is 1. The SMILES string of the molecule is CC1=C(c2nc(-c3ccccc3)no2)C(c2ccccc2)NC(=O)N1CCCOC(C)C. The van der Waals surface area contributed by atoms with E-state index in [4.69, 9.17) is 9.26 Å². The summed E-state index contributed by atoms with van der Waals surface area (Å²) >= 11 is 0. The first-order valence-electron chi connectivity index (χ1n) is 10.9. The third-order valence-electron chi connectivity index (χ3n) is 5.39. The maximum absolute atomic E-state index is 13.0. The van der Waals surface area contributed by atoms with E-state index in [0.717, 1.165) is 28.8 Å². The number of benzene rings is 2. The Bertz CT molecular complexity index is 1080. The van der Waals surface area contributed by atoms with Crippen molar-refractivity contribution in [3.63, 3.8) is 0 Å². The van der Waals surface area contributed by atoms with Crippen molar-refractivity contribution in [2.24, 2.45) is 0 Å². The summed E-state index contributed by atoms with van der Waals surface area (Å²) in [5, 5.41) is 7.31. The summed E-state index contributed by atoms with van der Waals surface area (Å²) in [5.74, 6) is 0.917. The smallest absolute Gasteiger partial charge is 0.322 e. The standard InChI is InChI=1S/C25H28N4O3/c1-17(2)31-16-10-15-29-18(3)21(22(26-25(29)30)19-11-6-4-7-12-19)24-27-23(28-32-24)20-13-8-5-9-14-20/h4-9,11-14,17,22H,10,15-16H2,1-3H3,(H,26,30). The van der Waals surface area contributed by atoms with Crippen molar-refractivity contribution < 1.29 is 14.1 Å². The van der Waals surface area contributed by atoms with Crippen LogP contribution in [0.1, 0.15) is 44.7 Å². The molecule has 7 heteroatoms. The molecule has 1 aliphatic heterocycles. The Morgan fingerprint density at radius 1 is 1.09 bits per heavy atom. The number of amides is 2. The van der Waals surface area contributed by atoms with Crippen molar-refractivity contribution >= 4 is 11.6 Å². The Morgan fingerprint density at radius 3 is 2.47 bits per heavy atom. The fraction of sp³-hybridized carbons (Fsp3) is 0.320. The highest BCUT2D eigenvalue weighted by molar-refractivity contribution is 5.86. The highest BCUT2D eigenvalue weighted by atomic mass is 16.5. The van der Waals surface area contributed by atoms with Gasteiger partial charge in [0.25, 0.3) is 5.89 Å². The number of allylic oxidation sites excluding steroid dienone is 1. The highest BCUT2D eigenvalue weighted by Gasteiger charge is 2.35. The van der Waals surface area contributed by atoms with Crippen LogP contribution in [0.2, 0.25) is 0 Å². The monoisotopic (exact) mass is 432 g/mol. The van der Waals surface area contributed by atoms with E-state index in [1.165, 1.54) is 0 Å². The van der Waals surface area contributed by atoms with Crippen molar-refractivity contribution in [3.05, 3.63) is 77.8 Å². The Balaban J connectivity index is 1.69. The fourth-order valence-electron chi connectivity index (χ4n) is 3.80. The molecule has 166 valence electrons. The van der Waals surface area contributed by atoms with E-state index < -0.39 is 0 Å². The summed E-state index contributed by atoms with van der Waals surface area (Å²) in [6, 6.07) is 19.0. The zero-order valence-electron chi connectivity index (χ0n) is 18.6. The van der Waals surface area contributed by atoms with E-state index in [-0.39, 0.29) is 18.2 Å². The van der Waals surface area contributed by atoms with Crippen LogP contribution in [0.15, 0.2) is 70.9 Å². The van der Waals surface area contributed by atoms with Crippen LogP contribution in [0, 0.1) is 0 Å². The van der Waals surface area contributed by atoms with Gasteiger partial charge in [-0.25, -0.2) is 4.79 Å². The molecule has 0 radical (unpaired) electrons. The molecule has 0 fully saturated rings. The molecule has 4 rings (SSSR count). The molecule has 1 unspecified atom stereocenters. The van der Waals surface area contributed by atoms with Crippen molar-refractivity contribution in [1.82, 2.24) is 20.4 Å². The molecule has 1 aromatic heterocycles. The average Bonchev–Trinajstić information content (AvgIpc) is 3.29. The Kier molecular flexibility index (Phi) is 6.66. The lowest BCUT2D eigenvalue weighted by Gasteiger charge is -2.35. The largest absolute Gasteiger partial charge is 0.379 e. The topological polar surface area (TPSA) is 80.5 Å². The molecular weight excluding hydrogens is 404 g/mol. The molecule has 0 saturated carbocycles. The van der Waals surface area contributed by atoms with Crippen molar-refractivity contribution in [1.29, 1.82) is 0 Å². The first-order chi connectivity index (χ1) is 15.5. The van der Waals surface area contributed by atoms with E-state index in [9.17, 15) is 4.79 Å². The number of aromatic nitrogens is 2. The van der Waals surface area contributed by atoms with Gasteiger partial charge in [0, 0.05) is 24.4 Å². The molecule has 1 atom stereocenters. The molecule has 3 aromatic rings. The molecule has 7 nitrogen and oxygen atoms in total. The summed E-state index contributed by atoms with van der Waals surface area (Å²) < 4.78 is 11.3. The van der Waals surface area contributed by atoms with Gasteiger partial charge in [0.1, 0.15) is 0 Å². The number of nitrogens with zero attached hydrogens (tertiary/aromatic N) is 3. The third kappa shape index (κ3) is 4.73. The van der Waals surface area contributed by atoms with E-state index in [1.54, 1.807) is 4.90 Å². The van der Waals surface area contributed by atoms with Gasteiger partial charge in [0.15, 0.2) is 0 Å². The lowest BCUT2D eigenvalue weighted by Crippen LogP contribution is -2.46. The number of carbonyl (C=O) groups is 1. The van der Waals surface area contributed by atoms with Gasteiger partial charge in [-0.1, -0.05) is 65.8 Å². The molecule has 0 saturated heterocycles. The van der Waals surface area contributed by atoms with Gasteiger partial charge in [0.2, 0.25) is 5.82 Å². The third-order valence-corrected chi connectivity index (χ3v) is 5.39. The molecule has 1 N–H and O–H groups in total. The normalized spacial score (nSPS) is 16.6. The molecule has 0 bridgehead atoms. The van der Waals surface area contributed by atoms with E-state index in [2.05, 4.69) is 15.5 Å². The van der Waals surface area contributed by atoms with Gasteiger partial charge in [-0.3, -0.25) is 4.90 Å². The maximum Gasteiger partial charge on any atom is 0.322 e. The summed E-state index contributed by atoms with van der Waals surface area (Å²) in [6.45, 7) is 7.06. The Labute approximate surface area is 188 Å². The molecule has 1 aliphatic rings. The number of hydrogen-bond donors (Lipinski definition) is 1. The van der Waals surface area contributed by atoms with E-state index >= 15 is 0 Å². The van der Waals surface area contributed by atoms with Crippen LogP contribution in [0.3, 0.4) is 0 Å². The minimum absolute atomic E-state index is 0.146. The number of ether oxygens (including phenoxy) is 1. The predicted molar refractivity (Wildman–Crippen MR) is 122 cm³/mol. The Morgan fingerprint density at radius 2 is 1.78 bits per heavy atom. The lowest BCUT2D eigenvalue weighted by atomic mass is 9.94. The van der Waals surface area contributed by atoms with Crippen molar-refractivity contribution in [2.45, 2.75) is 39.3 Å². The first kappa shape index (κ1) is 21.8. The minimum Gasteiger partial charge on any atom is -0.379 e. The summed E-state index contributed by atoms with van der Waals surface area (Å²) in [7, 11) is 0. The van der Waals surface area contributed by atoms with Crippen LogP contribution in [0.4, 0.5) is 4.79 Å². The molecule has 2 amide bonds. The quantitative estimate of drug-likeness (QED) is 0.504. The fourth-order valence-corrected chi connectivity index (χ4v) is 3.80. The van der Waals surface area contributed by atoms with Crippen LogP contribution in [0.25, 0.3) is 17.0 Å². The number of hydrogen-bond acceptors (Lipinski definition) is 5. The lowest BCUT2D eigenvalue weighted by molar-refractivity contribution is 0.0736. The maximum atomic E-state index is 13.0. The van der Waals surface area contributed by atoms with Gasteiger partial charge in [0.05, 0.1) is 17.7 Å². The molecule has 0 spiro atoms. The highest BCUT2D eigenvalue weighted by Crippen LogP contribution is 2.37. The number of rotatable bonds is 8. The van der Waals surface area contributed by atoms with Gasteiger partial charge in [-0.2, -0.15) is 4.98 Å². The van der Waals surface area contributed by atoms with Crippen LogP contribution in [-0.2, 0) is 4.74 Å². The number of carbonyl (C=O) groups excluding carboxylic acids is 1. The molecule has 2 aromatic carbocycles. The summed E-state index contributed by atoms with van der Waals surface area (Å²) in [4.78, 5) is 19.4. The van der Waals surface area contributed by atoms with Gasteiger partial charge < -0.3 is 14.6 Å². The zero-order valence-corrected chi connectivity index (χ0v) is 18.6. The van der Waals surface area contributed by atoms with Gasteiger partial charge in [-0.05, 0) is 32.8 Å². The molecule has 0 aliphatic carbocycles.